The van der Waals surface area contributed by atoms with Crippen molar-refractivity contribution in [1.82, 2.24) is 4.90 Å². The minimum absolute atomic E-state index is 0.0816. The lowest BCUT2D eigenvalue weighted by Crippen LogP contribution is -2.54. The number of ether oxygens (including phenoxy) is 1. The van der Waals surface area contributed by atoms with E-state index in [1.54, 1.807) is 0 Å². The highest BCUT2D eigenvalue weighted by Crippen LogP contribution is 2.12. The molecule has 1 heterocycles. The molecular weight excluding hydrogens is 224 g/mol. The summed E-state index contributed by atoms with van der Waals surface area (Å²) in [6, 6.07) is -0.562. The van der Waals surface area contributed by atoms with Crippen LogP contribution >= 0.6 is 0 Å². The Kier molecular flexibility index (Phi) is 4.89. The Morgan fingerprint density at radius 1 is 1.59 bits per heavy atom. The summed E-state index contributed by atoms with van der Waals surface area (Å²) < 4.78 is 5.05. The molecule has 0 spiro atoms. The standard InChI is InChI=1S/C11H20N2O4/c1-3-7(2)9(12)10(14)13-4-5-17-8(6-13)11(15)16/h7-9H,3-6,12H2,1-2H3,(H,15,16). The quantitative estimate of drug-likeness (QED) is 0.706. The third kappa shape index (κ3) is 3.41. The van der Waals surface area contributed by atoms with Crippen LogP contribution in [0.25, 0.3) is 0 Å². The Hall–Kier alpha value is -1.14. The van der Waals surface area contributed by atoms with E-state index >= 15 is 0 Å². The normalized spacial score (nSPS) is 24.2. The molecule has 1 aliphatic heterocycles. The Morgan fingerprint density at radius 2 is 2.24 bits per heavy atom. The second kappa shape index (κ2) is 5.97. The van der Waals surface area contributed by atoms with Gasteiger partial charge in [0.15, 0.2) is 6.10 Å². The molecule has 1 amide bonds. The molecule has 1 aliphatic rings. The van der Waals surface area contributed by atoms with Gasteiger partial charge in [0.2, 0.25) is 5.91 Å². The average Bonchev–Trinajstić information content (AvgIpc) is 2.36. The van der Waals surface area contributed by atoms with Crippen molar-refractivity contribution in [3.63, 3.8) is 0 Å². The zero-order chi connectivity index (χ0) is 13.0. The number of hydrogen-bond acceptors (Lipinski definition) is 4. The van der Waals surface area contributed by atoms with Gasteiger partial charge in [0.25, 0.3) is 0 Å². The lowest BCUT2D eigenvalue weighted by molar-refractivity contribution is -0.160. The highest BCUT2D eigenvalue weighted by molar-refractivity contribution is 5.83. The van der Waals surface area contributed by atoms with Gasteiger partial charge in [-0.1, -0.05) is 20.3 Å². The van der Waals surface area contributed by atoms with Gasteiger partial charge in [0.05, 0.1) is 19.2 Å². The molecule has 1 saturated heterocycles. The molecule has 0 radical (unpaired) electrons. The number of carboxylic acid groups (broad SMARTS) is 1. The van der Waals surface area contributed by atoms with Gasteiger partial charge in [-0.15, -0.1) is 0 Å². The first-order valence-electron chi connectivity index (χ1n) is 5.86. The van der Waals surface area contributed by atoms with Gasteiger partial charge >= 0.3 is 5.97 Å². The van der Waals surface area contributed by atoms with Gasteiger partial charge < -0.3 is 20.5 Å². The smallest absolute Gasteiger partial charge is 0.334 e. The summed E-state index contributed by atoms with van der Waals surface area (Å²) in [5, 5.41) is 8.84. The Morgan fingerprint density at radius 3 is 2.76 bits per heavy atom. The summed E-state index contributed by atoms with van der Waals surface area (Å²) in [6.07, 6.45) is -0.114. The molecule has 0 saturated carbocycles. The highest BCUT2D eigenvalue weighted by Gasteiger charge is 2.32. The highest BCUT2D eigenvalue weighted by atomic mass is 16.5. The molecule has 6 nitrogen and oxygen atoms in total. The molecule has 0 aromatic carbocycles. The maximum absolute atomic E-state index is 12.0. The molecule has 3 N–H and O–H groups in total. The van der Waals surface area contributed by atoms with E-state index < -0.39 is 18.1 Å². The summed E-state index contributed by atoms with van der Waals surface area (Å²) >= 11 is 0. The van der Waals surface area contributed by atoms with Crippen molar-refractivity contribution < 1.29 is 19.4 Å². The van der Waals surface area contributed by atoms with Crippen molar-refractivity contribution >= 4 is 11.9 Å². The van der Waals surface area contributed by atoms with E-state index in [4.69, 9.17) is 15.6 Å². The lowest BCUT2D eigenvalue weighted by atomic mass is 9.98. The minimum Gasteiger partial charge on any atom is -0.479 e. The molecule has 17 heavy (non-hydrogen) atoms. The zero-order valence-corrected chi connectivity index (χ0v) is 10.3. The fourth-order valence-electron chi connectivity index (χ4n) is 1.71. The molecule has 3 atom stereocenters. The molecule has 0 aromatic rings. The van der Waals surface area contributed by atoms with Crippen LogP contribution < -0.4 is 5.73 Å². The first-order chi connectivity index (χ1) is 7.97. The van der Waals surface area contributed by atoms with Crippen molar-refractivity contribution in [2.24, 2.45) is 11.7 Å². The molecule has 3 unspecified atom stereocenters. The van der Waals surface area contributed by atoms with Crippen LogP contribution in [0.1, 0.15) is 20.3 Å². The molecule has 0 aliphatic carbocycles. The van der Waals surface area contributed by atoms with E-state index in [9.17, 15) is 9.59 Å². The average molecular weight is 244 g/mol. The lowest BCUT2D eigenvalue weighted by Gasteiger charge is -2.33. The van der Waals surface area contributed by atoms with E-state index in [1.807, 2.05) is 13.8 Å². The number of hydrogen-bond donors (Lipinski definition) is 2. The zero-order valence-electron chi connectivity index (χ0n) is 10.3. The summed E-state index contributed by atoms with van der Waals surface area (Å²) in [7, 11) is 0. The fraction of sp³-hybridized carbons (Fsp3) is 0.818. The van der Waals surface area contributed by atoms with Crippen LogP contribution in [0.3, 0.4) is 0 Å². The Labute approximate surface area is 101 Å². The van der Waals surface area contributed by atoms with E-state index in [0.717, 1.165) is 6.42 Å². The molecule has 0 aromatic heterocycles. The Balaban J connectivity index is 2.60. The Bertz CT molecular complexity index is 295. The molecular formula is C11H20N2O4. The van der Waals surface area contributed by atoms with Crippen LogP contribution in [0.5, 0.6) is 0 Å². The number of nitrogens with zero attached hydrogens (tertiary/aromatic N) is 1. The van der Waals surface area contributed by atoms with Crippen LogP contribution in [-0.4, -0.2) is 53.7 Å². The number of nitrogens with two attached hydrogens (primary N) is 1. The van der Waals surface area contributed by atoms with Crippen molar-refractivity contribution in [2.45, 2.75) is 32.4 Å². The number of carboxylic acids is 1. The number of rotatable bonds is 4. The van der Waals surface area contributed by atoms with Crippen molar-refractivity contribution in [2.75, 3.05) is 19.7 Å². The molecule has 98 valence electrons. The van der Waals surface area contributed by atoms with Gasteiger partial charge in [0, 0.05) is 6.54 Å². The topological polar surface area (TPSA) is 92.9 Å². The van der Waals surface area contributed by atoms with Crippen molar-refractivity contribution in [3.8, 4) is 0 Å². The van der Waals surface area contributed by atoms with E-state index in [1.165, 1.54) is 4.90 Å². The van der Waals surface area contributed by atoms with Crippen molar-refractivity contribution in [1.29, 1.82) is 0 Å². The summed E-state index contributed by atoms with van der Waals surface area (Å²) in [4.78, 5) is 24.3. The molecule has 1 fully saturated rings. The predicted molar refractivity (Wildman–Crippen MR) is 61.4 cm³/mol. The van der Waals surface area contributed by atoms with E-state index in [-0.39, 0.29) is 25.0 Å². The fourth-order valence-corrected chi connectivity index (χ4v) is 1.71. The third-order valence-corrected chi connectivity index (χ3v) is 3.20. The van der Waals surface area contributed by atoms with Crippen LogP contribution in [0.4, 0.5) is 0 Å². The van der Waals surface area contributed by atoms with E-state index in [2.05, 4.69) is 0 Å². The summed E-state index contributed by atoms with van der Waals surface area (Å²) in [6.45, 7) is 4.62. The summed E-state index contributed by atoms with van der Waals surface area (Å²) in [5.41, 5.74) is 5.84. The number of amides is 1. The molecule has 1 rings (SSSR count). The number of carbonyl (C=O) groups excluding carboxylic acids is 1. The van der Waals surface area contributed by atoms with Gasteiger partial charge in [-0.3, -0.25) is 4.79 Å². The second-order valence-electron chi connectivity index (χ2n) is 4.39. The molecule has 0 bridgehead atoms. The van der Waals surface area contributed by atoms with Gasteiger partial charge in [-0.2, -0.15) is 0 Å². The second-order valence-corrected chi connectivity index (χ2v) is 4.39. The van der Waals surface area contributed by atoms with Crippen LogP contribution in [0, 0.1) is 5.92 Å². The largest absolute Gasteiger partial charge is 0.479 e. The number of aliphatic carboxylic acids is 1. The summed E-state index contributed by atoms with van der Waals surface area (Å²) in [5.74, 6) is -1.14. The monoisotopic (exact) mass is 244 g/mol. The minimum atomic E-state index is -1.04. The molecule has 6 heteroatoms. The van der Waals surface area contributed by atoms with Gasteiger partial charge in [-0.05, 0) is 5.92 Å². The maximum Gasteiger partial charge on any atom is 0.334 e. The van der Waals surface area contributed by atoms with Crippen LogP contribution in [-0.2, 0) is 14.3 Å². The van der Waals surface area contributed by atoms with Crippen molar-refractivity contribution in [3.05, 3.63) is 0 Å². The SMILES string of the molecule is CCC(C)C(N)C(=O)N1CCOC(C(=O)O)C1. The number of morpholine rings is 1. The van der Waals surface area contributed by atoms with E-state index in [0.29, 0.717) is 6.54 Å². The van der Waals surface area contributed by atoms with Gasteiger partial charge in [0.1, 0.15) is 0 Å². The van der Waals surface area contributed by atoms with Crippen LogP contribution in [0.2, 0.25) is 0 Å². The number of carbonyl (C=O) groups is 2. The first-order valence-corrected chi connectivity index (χ1v) is 5.86. The maximum atomic E-state index is 12.0. The van der Waals surface area contributed by atoms with Crippen LogP contribution in [0.15, 0.2) is 0 Å². The van der Waals surface area contributed by atoms with Gasteiger partial charge in [-0.25, -0.2) is 4.79 Å². The third-order valence-electron chi connectivity index (χ3n) is 3.20. The predicted octanol–water partition coefficient (Wildman–Crippen LogP) is -0.328. The first kappa shape index (κ1) is 13.9.